The molecule has 8 nitrogen and oxygen atoms in total. The van der Waals surface area contributed by atoms with E-state index in [0.29, 0.717) is 22.3 Å². The molecule has 0 bridgehead atoms. The Morgan fingerprint density at radius 2 is 1.56 bits per heavy atom. The van der Waals surface area contributed by atoms with Gasteiger partial charge in [0.05, 0.1) is 11.3 Å². The minimum absolute atomic E-state index is 0.0626. The van der Waals surface area contributed by atoms with Gasteiger partial charge in [0.1, 0.15) is 11.5 Å². The van der Waals surface area contributed by atoms with Crippen LogP contribution in [0.25, 0.3) is 11.4 Å². The molecule has 2 aliphatic heterocycles. The Bertz CT molecular complexity index is 1370. The number of nitrogens with zero attached hydrogens (tertiary/aromatic N) is 5. The Morgan fingerprint density at radius 3 is 2.31 bits per heavy atom. The maximum atomic E-state index is 13.3. The Balaban J connectivity index is 1.62. The maximum Gasteiger partial charge on any atom is 0.379 e. The second kappa shape index (κ2) is 6.96. The van der Waals surface area contributed by atoms with Crippen LogP contribution in [0.2, 0.25) is 0 Å². The number of aromatic nitrogens is 3. The van der Waals surface area contributed by atoms with E-state index >= 15 is 0 Å². The van der Waals surface area contributed by atoms with Gasteiger partial charge in [0, 0.05) is 5.56 Å². The van der Waals surface area contributed by atoms with Gasteiger partial charge in [-0.05, 0) is 36.0 Å². The summed E-state index contributed by atoms with van der Waals surface area (Å²) in [6, 6.07) is 25.8. The molecule has 0 radical (unpaired) electrons. The number of carbonyl (C=O) groups excluding carboxylic acids is 1. The van der Waals surface area contributed by atoms with Gasteiger partial charge in [-0.2, -0.15) is 0 Å². The van der Waals surface area contributed by atoms with E-state index < -0.39 is 10.8 Å². The summed E-state index contributed by atoms with van der Waals surface area (Å²) in [4.78, 5) is 17.3. The minimum Gasteiger partial charge on any atom is -0.507 e. The molecule has 6 rings (SSSR count). The zero-order chi connectivity index (χ0) is 21.7. The van der Waals surface area contributed by atoms with Gasteiger partial charge in [-0.3, -0.25) is 0 Å². The van der Waals surface area contributed by atoms with Crippen molar-refractivity contribution in [2.45, 2.75) is 10.0 Å². The Labute approximate surface area is 186 Å². The molecule has 3 heterocycles. The second-order valence-corrected chi connectivity index (χ2v) is 8.37. The zero-order valence-corrected chi connectivity index (χ0v) is 17.3. The average molecular weight is 441 g/mol. The van der Waals surface area contributed by atoms with Crippen LogP contribution in [0.3, 0.4) is 0 Å². The van der Waals surface area contributed by atoms with E-state index in [1.165, 1.54) is 11.8 Å². The first-order chi connectivity index (χ1) is 15.7. The van der Waals surface area contributed by atoms with Crippen LogP contribution in [0.5, 0.6) is 5.75 Å². The van der Waals surface area contributed by atoms with Crippen molar-refractivity contribution in [2.24, 2.45) is 5.16 Å². The molecule has 0 saturated carbocycles. The second-order valence-electron chi connectivity index (χ2n) is 7.21. The lowest BCUT2D eigenvalue weighted by atomic mass is 10.0. The lowest BCUT2D eigenvalue weighted by Crippen LogP contribution is -2.55. The first-order valence-electron chi connectivity index (χ1n) is 9.84. The van der Waals surface area contributed by atoms with E-state index in [1.54, 1.807) is 27.9 Å². The number of para-hydroxylation sites is 2. The smallest absolute Gasteiger partial charge is 0.379 e. The van der Waals surface area contributed by atoms with Gasteiger partial charge in [-0.25, -0.2) is 14.5 Å². The van der Waals surface area contributed by atoms with Crippen LogP contribution >= 0.6 is 11.8 Å². The molecule has 0 fully saturated rings. The van der Waals surface area contributed by atoms with Crippen LogP contribution in [0.15, 0.2) is 95.2 Å². The number of phenolic OH excluding ortho intramolecular Hbond substituents is 1. The molecule has 9 heteroatoms. The molecule has 2 aliphatic rings. The normalized spacial score (nSPS) is 19.2. The Hall–Kier alpha value is -4.11. The molecule has 0 saturated heterocycles. The first-order valence-corrected chi connectivity index (χ1v) is 10.7. The number of phenols is 1. The number of anilines is 1. The standard InChI is InChI=1S/C23H15N5O3S/c29-18-14-8-7-13-17(18)20-24-25-22-27(20)28(16-11-5-2-6-12-16)23(32-22)19(26-31-21(23)30)15-9-3-1-4-10-15/h1-14,29H. The SMILES string of the molecule is O=C1ON=C(c2ccccc2)C12Sc1nnc(-c3ccccc3O)n1N2c1ccccc1. The van der Waals surface area contributed by atoms with Gasteiger partial charge in [-0.15, -0.1) is 10.2 Å². The lowest BCUT2D eigenvalue weighted by molar-refractivity contribution is -0.142. The van der Waals surface area contributed by atoms with Crippen molar-refractivity contribution >= 4 is 29.1 Å². The molecule has 1 aromatic heterocycles. The summed E-state index contributed by atoms with van der Waals surface area (Å²) in [5.74, 6) is -0.0648. The fourth-order valence-electron chi connectivity index (χ4n) is 3.95. The largest absolute Gasteiger partial charge is 0.507 e. The van der Waals surface area contributed by atoms with Crippen LogP contribution in [-0.4, -0.2) is 36.5 Å². The van der Waals surface area contributed by atoms with Crippen molar-refractivity contribution in [1.82, 2.24) is 14.9 Å². The molecule has 3 aromatic carbocycles. The number of hydrogen-bond acceptors (Lipinski definition) is 8. The summed E-state index contributed by atoms with van der Waals surface area (Å²) in [5, 5.41) is 25.6. The van der Waals surface area contributed by atoms with E-state index in [0.717, 1.165) is 11.3 Å². The minimum atomic E-state index is -1.34. The van der Waals surface area contributed by atoms with E-state index in [4.69, 9.17) is 4.84 Å². The number of carbonyl (C=O) groups is 1. The highest BCUT2D eigenvalue weighted by molar-refractivity contribution is 8.02. The quantitative estimate of drug-likeness (QED) is 0.485. The van der Waals surface area contributed by atoms with E-state index in [9.17, 15) is 9.90 Å². The third-order valence-corrected chi connectivity index (χ3v) is 6.63. The van der Waals surface area contributed by atoms with Crippen molar-refractivity contribution in [3.63, 3.8) is 0 Å². The molecule has 1 atom stereocenters. The van der Waals surface area contributed by atoms with Gasteiger partial charge in [0.25, 0.3) is 4.87 Å². The van der Waals surface area contributed by atoms with Gasteiger partial charge < -0.3 is 9.94 Å². The van der Waals surface area contributed by atoms with Crippen molar-refractivity contribution in [2.75, 3.05) is 5.01 Å². The number of aromatic hydroxyl groups is 1. The van der Waals surface area contributed by atoms with Gasteiger partial charge >= 0.3 is 5.97 Å². The summed E-state index contributed by atoms with van der Waals surface area (Å²) in [6.45, 7) is 0. The average Bonchev–Trinajstić information content (AvgIpc) is 3.48. The fraction of sp³-hybridized carbons (Fsp3) is 0.0435. The first kappa shape index (κ1) is 18.6. The van der Waals surface area contributed by atoms with Crippen LogP contribution in [0.1, 0.15) is 5.56 Å². The van der Waals surface area contributed by atoms with Crippen LogP contribution in [0, 0.1) is 0 Å². The highest BCUT2D eigenvalue weighted by Gasteiger charge is 2.63. The fourth-order valence-corrected chi connectivity index (χ4v) is 5.20. The van der Waals surface area contributed by atoms with E-state index in [-0.39, 0.29) is 5.75 Å². The summed E-state index contributed by atoms with van der Waals surface area (Å²) < 4.78 is 1.74. The number of fused-ring (bicyclic) bond motifs is 1. The summed E-state index contributed by atoms with van der Waals surface area (Å²) >= 11 is 1.21. The van der Waals surface area contributed by atoms with Crippen molar-refractivity contribution in [3.8, 4) is 17.1 Å². The molecule has 1 unspecified atom stereocenters. The van der Waals surface area contributed by atoms with Crippen LogP contribution in [-0.2, 0) is 9.63 Å². The Kier molecular flexibility index (Phi) is 4.05. The third-order valence-electron chi connectivity index (χ3n) is 5.36. The summed E-state index contributed by atoms with van der Waals surface area (Å²) in [6.07, 6.45) is 0. The summed E-state index contributed by atoms with van der Waals surface area (Å²) in [7, 11) is 0. The number of oxime groups is 1. The molecule has 4 aromatic rings. The number of hydrogen-bond donors (Lipinski definition) is 1. The number of thioether (sulfide) groups is 1. The van der Waals surface area contributed by atoms with Crippen molar-refractivity contribution < 1.29 is 14.7 Å². The maximum absolute atomic E-state index is 13.3. The van der Waals surface area contributed by atoms with Gasteiger partial charge in [-0.1, -0.05) is 65.8 Å². The third kappa shape index (κ3) is 2.51. The van der Waals surface area contributed by atoms with E-state index in [2.05, 4.69) is 15.4 Å². The lowest BCUT2D eigenvalue weighted by Gasteiger charge is -2.33. The van der Waals surface area contributed by atoms with Gasteiger partial charge in [0.2, 0.25) is 5.16 Å². The Morgan fingerprint density at radius 1 is 0.875 bits per heavy atom. The molecule has 1 spiro atoms. The van der Waals surface area contributed by atoms with Crippen molar-refractivity contribution in [3.05, 3.63) is 90.5 Å². The molecule has 0 aliphatic carbocycles. The number of rotatable bonds is 3. The topological polar surface area (TPSA) is 92.8 Å². The predicted molar refractivity (Wildman–Crippen MR) is 119 cm³/mol. The van der Waals surface area contributed by atoms with Gasteiger partial charge in [0.15, 0.2) is 5.82 Å². The molecule has 1 N–H and O–H groups in total. The van der Waals surface area contributed by atoms with Crippen LogP contribution in [0.4, 0.5) is 5.69 Å². The highest BCUT2D eigenvalue weighted by Crippen LogP contribution is 2.51. The van der Waals surface area contributed by atoms with Crippen LogP contribution < -0.4 is 5.01 Å². The van der Waals surface area contributed by atoms with Crippen molar-refractivity contribution in [1.29, 1.82) is 0 Å². The molecule has 156 valence electrons. The monoisotopic (exact) mass is 441 g/mol. The molecule has 32 heavy (non-hydrogen) atoms. The zero-order valence-electron chi connectivity index (χ0n) is 16.5. The molecule has 0 amide bonds. The predicted octanol–water partition coefficient (Wildman–Crippen LogP) is 3.68. The molecular weight excluding hydrogens is 426 g/mol. The highest BCUT2D eigenvalue weighted by atomic mass is 32.2. The summed E-state index contributed by atoms with van der Waals surface area (Å²) in [5.41, 5.74) is 2.44. The van der Waals surface area contributed by atoms with E-state index in [1.807, 2.05) is 66.7 Å². The molecular formula is C23H15N5O3S. The number of benzene rings is 3.